The predicted molar refractivity (Wildman–Crippen MR) is 71.0 cm³/mol. The highest BCUT2D eigenvalue weighted by molar-refractivity contribution is 5.42. The molecule has 1 unspecified atom stereocenters. The van der Waals surface area contributed by atoms with Gasteiger partial charge in [-0.2, -0.15) is 0 Å². The molecule has 17 heavy (non-hydrogen) atoms. The molecule has 1 atom stereocenters. The van der Waals surface area contributed by atoms with Gasteiger partial charge in [-0.05, 0) is 32.4 Å². The van der Waals surface area contributed by atoms with Crippen LogP contribution in [0, 0.1) is 6.92 Å². The summed E-state index contributed by atoms with van der Waals surface area (Å²) in [5, 5.41) is 3.49. The molecule has 2 aromatic rings. The summed E-state index contributed by atoms with van der Waals surface area (Å²) in [6.07, 6.45) is 4.99. The number of hydrogen-bond acceptors (Lipinski definition) is 2. The van der Waals surface area contributed by atoms with Crippen LogP contribution in [0.3, 0.4) is 0 Å². The minimum absolute atomic E-state index is 0.446. The summed E-state index contributed by atoms with van der Waals surface area (Å²) < 4.78 is 2.14. The largest absolute Gasteiger partial charge is 0.308 e. The SMILES string of the molecule is C=CCC(C)NCc1c(C)nc2ccccn12. The Morgan fingerprint density at radius 1 is 1.53 bits per heavy atom. The summed E-state index contributed by atoms with van der Waals surface area (Å²) in [6, 6.07) is 6.52. The topological polar surface area (TPSA) is 29.3 Å². The van der Waals surface area contributed by atoms with Crippen LogP contribution in [0.15, 0.2) is 37.1 Å². The molecule has 0 spiro atoms. The lowest BCUT2D eigenvalue weighted by Gasteiger charge is -2.11. The molecule has 3 nitrogen and oxygen atoms in total. The molecular formula is C14H19N3. The summed E-state index contributed by atoms with van der Waals surface area (Å²) in [5.74, 6) is 0. The molecule has 0 bridgehead atoms. The van der Waals surface area contributed by atoms with Gasteiger partial charge in [0.2, 0.25) is 0 Å². The molecule has 3 heteroatoms. The van der Waals surface area contributed by atoms with Crippen molar-refractivity contribution in [2.75, 3.05) is 0 Å². The average molecular weight is 229 g/mol. The monoisotopic (exact) mass is 229 g/mol. The quantitative estimate of drug-likeness (QED) is 0.799. The molecule has 0 radical (unpaired) electrons. The fraction of sp³-hybridized carbons (Fsp3) is 0.357. The second-order valence-electron chi connectivity index (χ2n) is 4.38. The summed E-state index contributed by atoms with van der Waals surface area (Å²) in [6.45, 7) is 8.82. The van der Waals surface area contributed by atoms with E-state index in [1.54, 1.807) is 0 Å². The minimum Gasteiger partial charge on any atom is -0.308 e. The number of imidazole rings is 1. The lowest BCUT2D eigenvalue weighted by atomic mass is 10.2. The highest BCUT2D eigenvalue weighted by Crippen LogP contribution is 2.11. The molecular weight excluding hydrogens is 210 g/mol. The summed E-state index contributed by atoms with van der Waals surface area (Å²) in [4.78, 5) is 4.54. The molecule has 2 aromatic heterocycles. The number of rotatable bonds is 5. The van der Waals surface area contributed by atoms with Gasteiger partial charge in [0, 0.05) is 18.8 Å². The zero-order valence-corrected chi connectivity index (χ0v) is 10.5. The summed E-state index contributed by atoms with van der Waals surface area (Å²) in [7, 11) is 0. The molecule has 2 rings (SSSR count). The molecule has 0 aliphatic carbocycles. The van der Waals surface area contributed by atoms with Crippen molar-refractivity contribution in [3.05, 3.63) is 48.4 Å². The fourth-order valence-corrected chi connectivity index (χ4v) is 1.98. The average Bonchev–Trinajstić information content (AvgIpc) is 2.62. The van der Waals surface area contributed by atoms with Crippen LogP contribution < -0.4 is 5.32 Å². The van der Waals surface area contributed by atoms with Gasteiger partial charge in [-0.25, -0.2) is 4.98 Å². The van der Waals surface area contributed by atoms with E-state index < -0.39 is 0 Å². The van der Waals surface area contributed by atoms with E-state index in [1.807, 2.05) is 24.3 Å². The van der Waals surface area contributed by atoms with E-state index >= 15 is 0 Å². The highest BCUT2D eigenvalue weighted by atomic mass is 15.0. The second-order valence-corrected chi connectivity index (χ2v) is 4.38. The third-order valence-corrected chi connectivity index (χ3v) is 2.97. The van der Waals surface area contributed by atoms with Crippen molar-refractivity contribution in [2.45, 2.75) is 32.9 Å². The van der Waals surface area contributed by atoms with E-state index in [4.69, 9.17) is 0 Å². The van der Waals surface area contributed by atoms with Crippen LogP contribution in [0.1, 0.15) is 24.7 Å². The van der Waals surface area contributed by atoms with Crippen molar-refractivity contribution in [2.24, 2.45) is 0 Å². The third kappa shape index (κ3) is 2.56. The van der Waals surface area contributed by atoms with Crippen LogP contribution in [0.2, 0.25) is 0 Å². The van der Waals surface area contributed by atoms with Gasteiger partial charge < -0.3 is 9.72 Å². The molecule has 0 saturated heterocycles. The van der Waals surface area contributed by atoms with Crippen molar-refractivity contribution in [3.63, 3.8) is 0 Å². The van der Waals surface area contributed by atoms with Gasteiger partial charge in [-0.3, -0.25) is 0 Å². The Morgan fingerprint density at radius 2 is 2.35 bits per heavy atom. The van der Waals surface area contributed by atoms with Gasteiger partial charge in [0.05, 0.1) is 11.4 Å². The van der Waals surface area contributed by atoms with Gasteiger partial charge >= 0.3 is 0 Å². The van der Waals surface area contributed by atoms with E-state index in [9.17, 15) is 0 Å². The predicted octanol–water partition coefficient (Wildman–Crippen LogP) is 2.70. The Bertz CT molecular complexity index is 513. The van der Waals surface area contributed by atoms with Gasteiger partial charge in [0.25, 0.3) is 0 Å². The van der Waals surface area contributed by atoms with Gasteiger partial charge in [-0.15, -0.1) is 6.58 Å². The van der Waals surface area contributed by atoms with E-state index in [-0.39, 0.29) is 0 Å². The van der Waals surface area contributed by atoms with E-state index in [2.05, 4.69) is 41.3 Å². The zero-order valence-electron chi connectivity index (χ0n) is 10.5. The number of aryl methyl sites for hydroxylation is 1. The zero-order chi connectivity index (χ0) is 12.3. The van der Waals surface area contributed by atoms with E-state index in [0.717, 1.165) is 24.3 Å². The van der Waals surface area contributed by atoms with E-state index in [1.165, 1.54) is 5.69 Å². The van der Waals surface area contributed by atoms with Gasteiger partial charge in [-0.1, -0.05) is 12.1 Å². The Hall–Kier alpha value is -1.61. The first-order chi connectivity index (χ1) is 8.22. The van der Waals surface area contributed by atoms with Gasteiger partial charge in [0.15, 0.2) is 0 Å². The summed E-state index contributed by atoms with van der Waals surface area (Å²) in [5.41, 5.74) is 3.34. The van der Waals surface area contributed by atoms with Crippen LogP contribution in [0.4, 0.5) is 0 Å². The van der Waals surface area contributed by atoms with E-state index in [0.29, 0.717) is 6.04 Å². The standard InChI is InChI=1S/C14H19N3/c1-4-7-11(2)15-10-13-12(3)16-14-8-5-6-9-17(13)14/h4-6,8-9,11,15H,1,7,10H2,2-3H3. The molecule has 1 N–H and O–H groups in total. The first-order valence-electron chi connectivity index (χ1n) is 5.99. The Balaban J connectivity index is 2.17. The minimum atomic E-state index is 0.446. The van der Waals surface area contributed by atoms with Crippen molar-refractivity contribution >= 4 is 5.65 Å². The molecule has 2 heterocycles. The molecule has 0 aromatic carbocycles. The van der Waals surface area contributed by atoms with Gasteiger partial charge in [0.1, 0.15) is 5.65 Å². The Morgan fingerprint density at radius 3 is 3.12 bits per heavy atom. The molecule has 0 amide bonds. The Labute approximate surface area is 102 Å². The van der Waals surface area contributed by atoms with Crippen LogP contribution in [-0.4, -0.2) is 15.4 Å². The first kappa shape index (κ1) is 11.9. The van der Waals surface area contributed by atoms with Crippen LogP contribution in [0.25, 0.3) is 5.65 Å². The number of nitrogens with one attached hydrogen (secondary N) is 1. The fourth-order valence-electron chi connectivity index (χ4n) is 1.98. The molecule has 0 aliphatic rings. The number of nitrogens with zero attached hydrogens (tertiary/aromatic N) is 2. The maximum atomic E-state index is 4.54. The molecule has 0 saturated carbocycles. The lowest BCUT2D eigenvalue weighted by molar-refractivity contribution is 0.545. The lowest BCUT2D eigenvalue weighted by Crippen LogP contribution is -2.25. The van der Waals surface area contributed by atoms with Crippen molar-refractivity contribution in [1.29, 1.82) is 0 Å². The maximum Gasteiger partial charge on any atom is 0.137 e. The van der Waals surface area contributed by atoms with Crippen molar-refractivity contribution < 1.29 is 0 Å². The van der Waals surface area contributed by atoms with Crippen LogP contribution in [-0.2, 0) is 6.54 Å². The maximum absolute atomic E-state index is 4.54. The Kier molecular flexibility index (Phi) is 3.59. The highest BCUT2D eigenvalue weighted by Gasteiger charge is 2.08. The third-order valence-electron chi connectivity index (χ3n) is 2.97. The smallest absolute Gasteiger partial charge is 0.137 e. The van der Waals surface area contributed by atoms with Crippen molar-refractivity contribution in [3.8, 4) is 0 Å². The van der Waals surface area contributed by atoms with Crippen LogP contribution in [0.5, 0.6) is 0 Å². The number of aromatic nitrogens is 2. The number of fused-ring (bicyclic) bond motifs is 1. The number of hydrogen-bond donors (Lipinski definition) is 1. The molecule has 0 fully saturated rings. The summed E-state index contributed by atoms with van der Waals surface area (Å²) >= 11 is 0. The molecule has 90 valence electrons. The van der Waals surface area contributed by atoms with Crippen molar-refractivity contribution in [1.82, 2.24) is 14.7 Å². The number of pyridine rings is 1. The van der Waals surface area contributed by atoms with Crippen LogP contribution >= 0.6 is 0 Å². The first-order valence-corrected chi connectivity index (χ1v) is 5.99. The second kappa shape index (κ2) is 5.15. The molecule has 0 aliphatic heterocycles. The normalized spacial score (nSPS) is 12.8.